The third-order valence-corrected chi connectivity index (χ3v) is 8.96. The highest BCUT2D eigenvalue weighted by Gasteiger charge is 2.26. The lowest BCUT2D eigenvalue weighted by Crippen LogP contribution is -2.35. The van der Waals surface area contributed by atoms with Crippen molar-refractivity contribution in [2.45, 2.75) is 59.7 Å². The molecular formula is C34H38Cl2FN5O2. The number of alkyl halides is 1. The number of nitrogens with one attached hydrogen (secondary N) is 2. The molecule has 2 heterocycles. The predicted molar refractivity (Wildman–Crippen MR) is 177 cm³/mol. The van der Waals surface area contributed by atoms with E-state index in [0.717, 1.165) is 22.3 Å². The van der Waals surface area contributed by atoms with Crippen molar-refractivity contribution in [1.82, 2.24) is 14.9 Å². The van der Waals surface area contributed by atoms with Gasteiger partial charge < -0.3 is 20.1 Å². The molecule has 4 aromatic rings. The Morgan fingerprint density at radius 2 is 1.73 bits per heavy atom. The standard InChI is InChI=1S/C34H38Cl2FN5O2/c1-20-6-9-23(10-7-20)39-32(43)25-16-27-29(18-28(25)42-14-12-22(37)13-15-42)41(5)30(40-27)17-24-26(35)11-8-21(31(24)36)19-38-33(44)34(2,3)4/h6-11,16,18,22H,12-15,17,19H2,1-5H3,(H,38,44)(H,39,43). The minimum absolute atomic E-state index is 0.0748. The van der Waals surface area contributed by atoms with Crippen molar-refractivity contribution in [3.05, 3.63) is 86.7 Å². The van der Waals surface area contributed by atoms with Gasteiger partial charge in [-0.2, -0.15) is 0 Å². The molecule has 0 radical (unpaired) electrons. The zero-order valence-corrected chi connectivity index (χ0v) is 27.2. The summed E-state index contributed by atoms with van der Waals surface area (Å²) in [5.41, 5.74) is 5.45. The quantitative estimate of drug-likeness (QED) is 0.218. The molecule has 1 aliphatic rings. The van der Waals surface area contributed by atoms with Crippen LogP contribution in [-0.4, -0.2) is 40.6 Å². The normalized spacial score (nSPS) is 14.2. The SMILES string of the molecule is Cc1ccc(NC(=O)c2cc3nc(Cc4c(Cl)ccc(CNC(=O)C(C)(C)C)c4Cl)n(C)c3cc2N2CCC(F)CC2)cc1. The van der Waals surface area contributed by atoms with Crippen LogP contribution in [0.5, 0.6) is 0 Å². The van der Waals surface area contributed by atoms with Crippen LogP contribution in [0.4, 0.5) is 15.8 Å². The van der Waals surface area contributed by atoms with Crippen LogP contribution in [0.2, 0.25) is 10.0 Å². The number of rotatable bonds is 7. The number of anilines is 2. The number of carbonyl (C=O) groups is 2. The van der Waals surface area contributed by atoms with Gasteiger partial charge in [-0.25, -0.2) is 9.37 Å². The van der Waals surface area contributed by atoms with Crippen molar-refractivity contribution >= 4 is 57.4 Å². The molecule has 0 bridgehead atoms. The summed E-state index contributed by atoms with van der Waals surface area (Å²) in [6.45, 7) is 8.88. The second kappa shape index (κ2) is 12.8. The molecule has 44 heavy (non-hydrogen) atoms. The van der Waals surface area contributed by atoms with E-state index in [1.54, 1.807) is 12.1 Å². The topological polar surface area (TPSA) is 79.3 Å². The van der Waals surface area contributed by atoms with E-state index in [2.05, 4.69) is 15.5 Å². The number of aryl methyl sites for hydroxylation is 2. The number of imidazole rings is 1. The number of carbonyl (C=O) groups excluding carboxylic acids is 2. The lowest BCUT2D eigenvalue weighted by molar-refractivity contribution is -0.128. The zero-order chi connectivity index (χ0) is 31.8. The van der Waals surface area contributed by atoms with Gasteiger partial charge in [0.05, 0.1) is 27.3 Å². The van der Waals surface area contributed by atoms with Gasteiger partial charge in [-0.15, -0.1) is 0 Å². The van der Waals surface area contributed by atoms with E-state index < -0.39 is 11.6 Å². The second-order valence-corrected chi connectivity index (χ2v) is 13.3. The van der Waals surface area contributed by atoms with Crippen LogP contribution in [0.3, 0.4) is 0 Å². The summed E-state index contributed by atoms with van der Waals surface area (Å²) in [7, 11) is 1.92. The lowest BCUT2D eigenvalue weighted by atomic mass is 9.95. The number of benzene rings is 3. The molecule has 232 valence electrons. The average molecular weight is 639 g/mol. The Hall–Kier alpha value is -3.62. The zero-order valence-electron chi connectivity index (χ0n) is 25.7. The van der Waals surface area contributed by atoms with Crippen molar-refractivity contribution in [2.75, 3.05) is 23.3 Å². The Bertz CT molecular complexity index is 1700. The molecule has 2 amide bonds. The van der Waals surface area contributed by atoms with Crippen LogP contribution in [-0.2, 0) is 24.8 Å². The summed E-state index contributed by atoms with van der Waals surface area (Å²) in [6, 6.07) is 15.0. The number of nitrogens with zero attached hydrogens (tertiary/aromatic N) is 3. The summed E-state index contributed by atoms with van der Waals surface area (Å²) in [5, 5.41) is 6.94. The fourth-order valence-corrected chi connectivity index (χ4v) is 5.92. The largest absolute Gasteiger partial charge is 0.371 e. The molecule has 2 N–H and O–H groups in total. The van der Waals surface area contributed by atoms with Gasteiger partial charge in [0.1, 0.15) is 12.0 Å². The van der Waals surface area contributed by atoms with Gasteiger partial charge in [-0.3, -0.25) is 9.59 Å². The predicted octanol–water partition coefficient (Wildman–Crippen LogP) is 7.63. The molecule has 7 nitrogen and oxygen atoms in total. The number of halogens is 3. The van der Waals surface area contributed by atoms with E-state index in [1.807, 2.05) is 75.7 Å². The van der Waals surface area contributed by atoms with E-state index in [1.165, 1.54) is 0 Å². The van der Waals surface area contributed by atoms with Crippen molar-refractivity contribution in [3.63, 3.8) is 0 Å². The van der Waals surface area contributed by atoms with Gasteiger partial charge in [0.2, 0.25) is 5.91 Å². The van der Waals surface area contributed by atoms with Gasteiger partial charge in [0.25, 0.3) is 5.91 Å². The van der Waals surface area contributed by atoms with Gasteiger partial charge in [0.15, 0.2) is 0 Å². The van der Waals surface area contributed by atoms with Gasteiger partial charge >= 0.3 is 0 Å². The van der Waals surface area contributed by atoms with E-state index in [9.17, 15) is 14.0 Å². The summed E-state index contributed by atoms with van der Waals surface area (Å²) in [5.74, 6) is 0.384. The Morgan fingerprint density at radius 1 is 1.05 bits per heavy atom. The molecule has 0 spiro atoms. The molecule has 5 rings (SSSR count). The molecule has 3 aromatic carbocycles. The Morgan fingerprint density at radius 3 is 2.39 bits per heavy atom. The van der Waals surface area contributed by atoms with E-state index in [-0.39, 0.29) is 18.4 Å². The summed E-state index contributed by atoms with van der Waals surface area (Å²) in [6.07, 6.45) is 0.335. The van der Waals surface area contributed by atoms with E-state index in [4.69, 9.17) is 28.2 Å². The first-order valence-electron chi connectivity index (χ1n) is 14.8. The van der Waals surface area contributed by atoms with Crippen molar-refractivity contribution < 1.29 is 14.0 Å². The highest BCUT2D eigenvalue weighted by atomic mass is 35.5. The first-order valence-corrected chi connectivity index (χ1v) is 15.6. The molecule has 0 aliphatic carbocycles. The molecule has 0 saturated carbocycles. The molecule has 1 saturated heterocycles. The second-order valence-electron chi connectivity index (χ2n) is 12.5. The summed E-state index contributed by atoms with van der Waals surface area (Å²) < 4.78 is 16.0. The van der Waals surface area contributed by atoms with Crippen LogP contribution in [0, 0.1) is 12.3 Å². The lowest BCUT2D eigenvalue weighted by Gasteiger charge is -2.32. The van der Waals surface area contributed by atoms with Crippen molar-refractivity contribution in [2.24, 2.45) is 12.5 Å². The van der Waals surface area contributed by atoms with Crippen LogP contribution in [0.25, 0.3) is 11.0 Å². The highest BCUT2D eigenvalue weighted by Crippen LogP contribution is 2.34. The molecule has 0 unspecified atom stereocenters. The Balaban J connectivity index is 1.50. The first-order chi connectivity index (χ1) is 20.8. The smallest absolute Gasteiger partial charge is 0.257 e. The maximum Gasteiger partial charge on any atom is 0.257 e. The highest BCUT2D eigenvalue weighted by molar-refractivity contribution is 6.36. The van der Waals surface area contributed by atoms with Crippen LogP contribution in [0.15, 0.2) is 48.5 Å². The van der Waals surface area contributed by atoms with Crippen LogP contribution in [0.1, 0.15) is 66.5 Å². The summed E-state index contributed by atoms with van der Waals surface area (Å²) >= 11 is 13.5. The third kappa shape index (κ3) is 6.87. The van der Waals surface area contributed by atoms with Crippen LogP contribution >= 0.6 is 23.2 Å². The minimum atomic E-state index is -0.838. The molecular weight excluding hydrogens is 600 g/mol. The number of fused-ring (bicyclic) bond motifs is 1. The fraction of sp³-hybridized carbons (Fsp3) is 0.382. The molecule has 1 aromatic heterocycles. The number of piperidine rings is 1. The third-order valence-electron chi connectivity index (χ3n) is 8.13. The van der Waals surface area contributed by atoms with E-state index >= 15 is 0 Å². The summed E-state index contributed by atoms with van der Waals surface area (Å²) in [4.78, 5) is 33.1. The van der Waals surface area contributed by atoms with Crippen molar-refractivity contribution in [3.8, 4) is 0 Å². The van der Waals surface area contributed by atoms with Gasteiger partial charge in [0, 0.05) is 49.2 Å². The fourth-order valence-electron chi connectivity index (χ4n) is 5.35. The number of amides is 2. The average Bonchev–Trinajstić information content (AvgIpc) is 3.29. The Labute approximate surface area is 267 Å². The molecule has 1 fully saturated rings. The maximum absolute atomic E-state index is 14.1. The van der Waals surface area contributed by atoms with Crippen LogP contribution < -0.4 is 15.5 Å². The van der Waals surface area contributed by atoms with Gasteiger partial charge in [-0.05, 0) is 61.2 Å². The molecule has 1 aliphatic heterocycles. The number of hydrogen-bond donors (Lipinski definition) is 2. The number of aromatic nitrogens is 2. The monoisotopic (exact) mass is 637 g/mol. The van der Waals surface area contributed by atoms with Gasteiger partial charge in [-0.1, -0.05) is 67.7 Å². The minimum Gasteiger partial charge on any atom is -0.371 e. The van der Waals surface area contributed by atoms with Crippen molar-refractivity contribution in [1.29, 1.82) is 0 Å². The number of hydrogen-bond acceptors (Lipinski definition) is 4. The molecule has 0 atom stereocenters. The molecule has 10 heteroatoms. The first kappa shape index (κ1) is 31.8. The van der Waals surface area contributed by atoms with E-state index in [0.29, 0.717) is 70.6 Å². The Kier molecular flexibility index (Phi) is 9.23. The maximum atomic E-state index is 14.1.